The number of nitrogens with one attached hydrogen (secondary N) is 1. The molecule has 7 heteroatoms. The van der Waals surface area contributed by atoms with E-state index in [0.29, 0.717) is 0 Å². The van der Waals surface area contributed by atoms with E-state index in [-0.39, 0.29) is 10.9 Å². The van der Waals surface area contributed by atoms with Crippen LogP contribution in [-0.2, 0) is 19.1 Å². The van der Waals surface area contributed by atoms with Crippen molar-refractivity contribution in [1.82, 2.24) is 0 Å². The quantitative estimate of drug-likeness (QED) is 0.382. The van der Waals surface area contributed by atoms with E-state index in [4.69, 9.17) is 15.9 Å². The summed E-state index contributed by atoms with van der Waals surface area (Å²) in [6.45, 7) is 1.43. The van der Waals surface area contributed by atoms with E-state index in [9.17, 15) is 9.59 Å². The third kappa shape index (κ3) is 10.8. The fraction of sp³-hybridized carbons (Fsp3) is 0.571. The van der Waals surface area contributed by atoms with Gasteiger partial charge in [0, 0.05) is 12.7 Å². The van der Waals surface area contributed by atoms with Crippen LogP contribution in [0.3, 0.4) is 0 Å². The second kappa shape index (κ2) is 9.91. The van der Waals surface area contributed by atoms with Gasteiger partial charge in [-0.05, 0) is 0 Å². The summed E-state index contributed by atoms with van der Waals surface area (Å²) < 4.78 is 4.36. The standard InChI is InChI=1S/C6H11NO3S.CHNO/c1-4(8)11-3-5(7)6(9)10-2;2-1-3/h5H,3,7H2,1-2H3;2H/t5-;/m0./s1. The lowest BCUT2D eigenvalue weighted by Gasteiger charge is -2.05. The van der Waals surface area contributed by atoms with Crippen molar-refractivity contribution in [2.24, 2.45) is 5.73 Å². The number of rotatable bonds is 3. The first-order valence-corrected chi connectivity index (χ1v) is 4.48. The summed E-state index contributed by atoms with van der Waals surface area (Å²) in [5, 5.41) is 5.35. The molecule has 80 valence electrons. The first-order valence-electron chi connectivity index (χ1n) is 3.50. The van der Waals surface area contributed by atoms with E-state index >= 15 is 0 Å². The Bertz CT molecular complexity index is 226. The van der Waals surface area contributed by atoms with Gasteiger partial charge in [0.05, 0.1) is 7.11 Å². The summed E-state index contributed by atoms with van der Waals surface area (Å²) in [5.41, 5.74) is 5.33. The summed E-state index contributed by atoms with van der Waals surface area (Å²) in [7, 11) is 1.26. The molecule has 0 saturated carbocycles. The molecule has 0 aliphatic carbocycles. The molecule has 0 aromatic carbocycles. The van der Waals surface area contributed by atoms with E-state index in [1.54, 1.807) is 0 Å². The summed E-state index contributed by atoms with van der Waals surface area (Å²) in [6.07, 6.45) is 0.750. The van der Waals surface area contributed by atoms with Crippen LogP contribution in [0.1, 0.15) is 6.92 Å². The zero-order chi connectivity index (χ0) is 11.6. The van der Waals surface area contributed by atoms with Gasteiger partial charge in [-0.1, -0.05) is 11.8 Å². The maximum Gasteiger partial charge on any atom is 0.323 e. The first-order chi connectivity index (χ1) is 6.49. The van der Waals surface area contributed by atoms with Gasteiger partial charge in [0.15, 0.2) is 5.12 Å². The molecule has 0 aromatic rings. The monoisotopic (exact) mass is 220 g/mol. The SMILES string of the molecule is COC(=O)[C@@H](N)CSC(C)=O.N=C=O. The predicted molar refractivity (Wildman–Crippen MR) is 51.5 cm³/mol. The molecule has 0 fully saturated rings. The normalized spacial score (nSPS) is 10.2. The molecule has 0 aliphatic rings. The number of nitrogens with two attached hydrogens (primary N) is 1. The van der Waals surface area contributed by atoms with Crippen LogP contribution in [0.5, 0.6) is 0 Å². The van der Waals surface area contributed by atoms with Gasteiger partial charge in [-0.3, -0.25) is 9.59 Å². The van der Waals surface area contributed by atoms with Gasteiger partial charge in [-0.25, -0.2) is 10.2 Å². The number of ether oxygens (including phenoxy) is 1. The van der Waals surface area contributed by atoms with Crippen molar-refractivity contribution in [3.63, 3.8) is 0 Å². The maximum atomic E-state index is 10.7. The fourth-order valence-corrected chi connectivity index (χ4v) is 0.977. The van der Waals surface area contributed by atoms with Crippen molar-refractivity contribution in [3.8, 4) is 0 Å². The minimum atomic E-state index is -0.700. The van der Waals surface area contributed by atoms with E-state index in [1.165, 1.54) is 14.0 Å². The average molecular weight is 220 g/mol. The van der Waals surface area contributed by atoms with E-state index in [0.717, 1.165) is 17.8 Å². The molecule has 0 saturated heterocycles. The molecular weight excluding hydrogens is 208 g/mol. The molecule has 3 N–H and O–H groups in total. The molecule has 0 heterocycles. The van der Waals surface area contributed by atoms with Crippen molar-refractivity contribution in [1.29, 1.82) is 5.41 Å². The third-order valence-electron chi connectivity index (χ3n) is 0.970. The van der Waals surface area contributed by atoms with Gasteiger partial charge in [0.2, 0.25) is 6.08 Å². The zero-order valence-electron chi connectivity index (χ0n) is 7.90. The molecular formula is C7H12N2O4S. The predicted octanol–water partition coefficient (Wildman–Crippen LogP) is -0.333. The minimum Gasteiger partial charge on any atom is -0.468 e. The van der Waals surface area contributed by atoms with Gasteiger partial charge in [0.25, 0.3) is 0 Å². The largest absolute Gasteiger partial charge is 0.468 e. The average Bonchev–Trinajstić information content (AvgIpc) is 2.14. The number of esters is 1. The minimum absolute atomic E-state index is 0.0515. The third-order valence-corrected chi connectivity index (χ3v) is 1.90. The first kappa shape index (κ1) is 15.3. The zero-order valence-corrected chi connectivity index (χ0v) is 8.72. The van der Waals surface area contributed by atoms with Crippen LogP contribution in [0.15, 0.2) is 0 Å². The second-order valence-corrected chi connectivity index (χ2v) is 3.23. The van der Waals surface area contributed by atoms with E-state index in [2.05, 4.69) is 4.74 Å². The second-order valence-electron chi connectivity index (χ2n) is 2.03. The van der Waals surface area contributed by atoms with Crippen LogP contribution >= 0.6 is 11.8 Å². The highest BCUT2D eigenvalue weighted by Gasteiger charge is 2.13. The molecule has 0 amide bonds. The molecule has 14 heavy (non-hydrogen) atoms. The Labute approximate surface area is 85.7 Å². The lowest BCUT2D eigenvalue weighted by molar-refractivity contribution is -0.141. The highest BCUT2D eigenvalue weighted by Crippen LogP contribution is 2.02. The molecule has 0 spiro atoms. The van der Waals surface area contributed by atoms with E-state index in [1.807, 2.05) is 0 Å². The summed E-state index contributed by atoms with van der Waals surface area (Å²) in [5.74, 6) is -0.207. The Morgan fingerprint density at radius 2 is 2.07 bits per heavy atom. The van der Waals surface area contributed by atoms with Gasteiger partial charge in [-0.15, -0.1) is 0 Å². The topological polar surface area (TPSA) is 110 Å². The van der Waals surface area contributed by atoms with Crippen LogP contribution in [0.2, 0.25) is 0 Å². The van der Waals surface area contributed by atoms with E-state index < -0.39 is 12.0 Å². The Kier molecular flexibility index (Phi) is 10.8. The fourth-order valence-electron chi connectivity index (χ4n) is 0.427. The van der Waals surface area contributed by atoms with Gasteiger partial charge >= 0.3 is 5.97 Å². The van der Waals surface area contributed by atoms with Gasteiger partial charge in [0.1, 0.15) is 6.04 Å². The number of carbonyl (C=O) groups is 2. The number of methoxy groups -OCH3 is 1. The number of carbonyl (C=O) groups excluding carboxylic acids is 3. The smallest absolute Gasteiger partial charge is 0.323 e. The lowest BCUT2D eigenvalue weighted by atomic mass is 10.4. The Balaban J connectivity index is 0. The van der Waals surface area contributed by atoms with Crippen molar-refractivity contribution in [2.45, 2.75) is 13.0 Å². The molecule has 6 nitrogen and oxygen atoms in total. The van der Waals surface area contributed by atoms with Gasteiger partial charge in [-0.2, -0.15) is 0 Å². The van der Waals surface area contributed by atoms with Crippen molar-refractivity contribution in [3.05, 3.63) is 0 Å². The molecule has 0 radical (unpaired) electrons. The molecule has 0 aliphatic heterocycles. The van der Waals surface area contributed by atoms with Crippen molar-refractivity contribution < 1.29 is 19.1 Å². The summed E-state index contributed by atoms with van der Waals surface area (Å²) >= 11 is 1.02. The van der Waals surface area contributed by atoms with Crippen molar-refractivity contribution in [2.75, 3.05) is 12.9 Å². The highest BCUT2D eigenvalue weighted by molar-refractivity contribution is 8.13. The lowest BCUT2D eigenvalue weighted by Crippen LogP contribution is -2.34. The van der Waals surface area contributed by atoms with Crippen LogP contribution in [0.25, 0.3) is 0 Å². The van der Waals surface area contributed by atoms with Crippen molar-refractivity contribution >= 4 is 28.9 Å². The highest BCUT2D eigenvalue weighted by atomic mass is 32.2. The molecule has 0 rings (SSSR count). The number of isocyanates is 1. The molecule has 1 atom stereocenters. The number of hydrogen-bond acceptors (Lipinski definition) is 7. The Morgan fingerprint density at radius 1 is 1.64 bits per heavy atom. The molecule has 0 unspecified atom stereocenters. The summed E-state index contributed by atoms with van der Waals surface area (Å²) in [6, 6.07) is -0.700. The Morgan fingerprint density at radius 3 is 2.36 bits per heavy atom. The summed E-state index contributed by atoms with van der Waals surface area (Å²) in [4.78, 5) is 29.4. The van der Waals surface area contributed by atoms with Crippen LogP contribution in [-0.4, -0.2) is 36.1 Å². The number of thioether (sulfide) groups is 1. The van der Waals surface area contributed by atoms with Gasteiger partial charge < -0.3 is 10.5 Å². The molecule has 0 bridgehead atoms. The van der Waals surface area contributed by atoms with Crippen LogP contribution < -0.4 is 5.73 Å². The molecule has 0 aromatic heterocycles. The van der Waals surface area contributed by atoms with Crippen LogP contribution in [0.4, 0.5) is 0 Å². The van der Waals surface area contributed by atoms with Crippen LogP contribution in [0, 0.1) is 5.41 Å². The number of hydrogen-bond donors (Lipinski definition) is 2. The Hall–Kier alpha value is -1.17. The maximum absolute atomic E-state index is 10.7.